The van der Waals surface area contributed by atoms with Crippen molar-refractivity contribution in [1.29, 1.82) is 0 Å². The molecule has 0 aliphatic carbocycles. The number of fused-ring (bicyclic) bond motifs is 1. The number of guanidine groups is 1. The smallest absolute Gasteiger partial charge is 0.401 e. The van der Waals surface area contributed by atoms with Gasteiger partial charge in [-0.3, -0.25) is 4.90 Å². The minimum atomic E-state index is -4.17. The molecule has 1 aromatic carbocycles. The average molecular weight is 342 g/mol. The monoisotopic (exact) mass is 342 g/mol. The Bertz CT molecular complexity index is 605. The molecule has 3 rings (SSSR count). The van der Waals surface area contributed by atoms with Crippen LogP contribution in [0.3, 0.4) is 0 Å². The van der Waals surface area contributed by atoms with Crippen molar-refractivity contribution in [3.63, 3.8) is 0 Å². The lowest BCUT2D eigenvalue weighted by Gasteiger charge is -2.24. The summed E-state index contributed by atoms with van der Waals surface area (Å²) in [7, 11) is 0. The molecule has 2 heterocycles. The van der Waals surface area contributed by atoms with Crippen LogP contribution in [-0.4, -0.2) is 49.3 Å². The molecule has 5 nitrogen and oxygen atoms in total. The lowest BCUT2D eigenvalue weighted by Crippen LogP contribution is -2.43. The fraction of sp³-hybridized carbons (Fsp3) is 0.562. The summed E-state index contributed by atoms with van der Waals surface area (Å²) in [5, 5.41) is 3.05. The number of nitrogens with two attached hydrogens (primary N) is 1. The van der Waals surface area contributed by atoms with Crippen molar-refractivity contribution >= 4 is 5.96 Å². The maximum Gasteiger partial charge on any atom is 0.401 e. The second-order valence-electron chi connectivity index (χ2n) is 6.19. The highest BCUT2D eigenvalue weighted by atomic mass is 19.4. The van der Waals surface area contributed by atoms with Gasteiger partial charge in [-0.2, -0.15) is 13.2 Å². The van der Waals surface area contributed by atoms with E-state index in [1.807, 2.05) is 24.3 Å². The standard InChI is InChI=1S/C16H21F3N4O/c17-16(18,19)10-23-7-5-11(9-23)21-15(20)22-13-6-8-24-14-4-2-1-3-12(13)14/h1-4,11,13H,5-10H2,(H3,20,21,22). The van der Waals surface area contributed by atoms with E-state index >= 15 is 0 Å². The van der Waals surface area contributed by atoms with Crippen molar-refractivity contribution < 1.29 is 17.9 Å². The van der Waals surface area contributed by atoms with Gasteiger partial charge in [0.15, 0.2) is 5.96 Å². The van der Waals surface area contributed by atoms with Crippen LogP contribution in [0.15, 0.2) is 29.3 Å². The number of nitrogens with zero attached hydrogens (tertiary/aromatic N) is 2. The maximum atomic E-state index is 12.4. The third-order valence-electron chi connectivity index (χ3n) is 4.25. The van der Waals surface area contributed by atoms with Gasteiger partial charge in [0.2, 0.25) is 0 Å². The summed E-state index contributed by atoms with van der Waals surface area (Å²) in [6, 6.07) is 7.48. The van der Waals surface area contributed by atoms with Crippen LogP contribution in [0.1, 0.15) is 24.4 Å². The highest BCUT2D eigenvalue weighted by molar-refractivity contribution is 5.78. The van der Waals surface area contributed by atoms with Gasteiger partial charge in [0.05, 0.1) is 19.2 Å². The predicted molar refractivity (Wildman–Crippen MR) is 85.0 cm³/mol. The molecule has 8 heteroatoms. The van der Waals surface area contributed by atoms with Gasteiger partial charge in [0.25, 0.3) is 0 Å². The third kappa shape index (κ3) is 4.31. The average Bonchev–Trinajstić information content (AvgIpc) is 2.92. The number of para-hydroxylation sites is 1. The topological polar surface area (TPSA) is 62.9 Å². The van der Waals surface area contributed by atoms with Gasteiger partial charge in [-0.25, -0.2) is 4.99 Å². The Morgan fingerprint density at radius 2 is 2.12 bits per heavy atom. The molecule has 2 unspecified atom stereocenters. The number of ether oxygens (including phenoxy) is 1. The Labute approximate surface area is 138 Å². The lowest BCUT2D eigenvalue weighted by molar-refractivity contribution is -0.143. The zero-order valence-corrected chi connectivity index (χ0v) is 13.2. The van der Waals surface area contributed by atoms with Crippen molar-refractivity contribution in [2.45, 2.75) is 31.1 Å². The van der Waals surface area contributed by atoms with E-state index in [0.717, 1.165) is 17.7 Å². The van der Waals surface area contributed by atoms with Crippen molar-refractivity contribution in [1.82, 2.24) is 10.2 Å². The molecular weight excluding hydrogens is 321 g/mol. The third-order valence-corrected chi connectivity index (χ3v) is 4.25. The predicted octanol–water partition coefficient (Wildman–Crippen LogP) is 2.05. The number of halogens is 3. The molecular formula is C16H21F3N4O. The van der Waals surface area contributed by atoms with Crippen LogP contribution in [-0.2, 0) is 0 Å². The second kappa shape index (κ2) is 6.88. The molecule has 1 aromatic rings. The van der Waals surface area contributed by atoms with E-state index in [1.54, 1.807) is 0 Å². The Kier molecular flexibility index (Phi) is 4.84. The molecule has 2 atom stereocenters. The van der Waals surface area contributed by atoms with Crippen LogP contribution in [0.4, 0.5) is 13.2 Å². The Balaban J connectivity index is 1.58. The summed E-state index contributed by atoms with van der Waals surface area (Å²) in [5.74, 6) is 1.08. The molecule has 0 saturated carbocycles. The van der Waals surface area contributed by atoms with E-state index in [4.69, 9.17) is 10.5 Å². The summed E-state index contributed by atoms with van der Waals surface area (Å²) in [4.78, 5) is 5.89. The summed E-state index contributed by atoms with van der Waals surface area (Å²) in [5.41, 5.74) is 6.96. The van der Waals surface area contributed by atoms with Crippen LogP contribution in [0.25, 0.3) is 0 Å². The van der Waals surface area contributed by atoms with Gasteiger partial charge in [0.1, 0.15) is 5.75 Å². The first-order valence-electron chi connectivity index (χ1n) is 8.01. The number of alkyl halides is 3. The second-order valence-corrected chi connectivity index (χ2v) is 6.19. The molecule has 1 fully saturated rings. The van der Waals surface area contributed by atoms with Crippen molar-refractivity contribution in [3.05, 3.63) is 29.8 Å². The number of aliphatic imine (C=N–C) groups is 1. The molecule has 0 spiro atoms. The number of hydrogen-bond donors (Lipinski definition) is 2. The molecule has 0 bridgehead atoms. The highest BCUT2D eigenvalue weighted by Gasteiger charge is 2.34. The SMILES string of the molecule is NC(=NC1CCOc2ccccc21)NC1CCN(CC(F)(F)F)C1. The van der Waals surface area contributed by atoms with Crippen molar-refractivity contribution in [2.24, 2.45) is 10.7 Å². The normalized spacial score (nSPS) is 25.2. The van der Waals surface area contributed by atoms with Crippen LogP contribution in [0.2, 0.25) is 0 Å². The van der Waals surface area contributed by atoms with E-state index in [9.17, 15) is 13.2 Å². The van der Waals surface area contributed by atoms with Crippen molar-refractivity contribution in [2.75, 3.05) is 26.2 Å². The van der Waals surface area contributed by atoms with Crippen LogP contribution < -0.4 is 15.8 Å². The van der Waals surface area contributed by atoms with Crippen LogP contribution in [0, 0.1) is 0 Å². The summed E-state index contributed by atoms with van der Waals surface area (Å²) >= 11 is 0. The van der Waals surface area contributed by atoms with E-state index < -0.39 is 12.7 Å². The number of rotatable bonds is 3. The minimum Gasteiger partial charge on any atom is -0.493 e. The number of benzene rings is 1. The van der Waals surface area contributed by atoms with Crippen LogP contribution >= 0.6 is 0 Å². The van der Waals surface area contributed by atoms with E-state index in [-0.39, 0.29) is 18.0 Å². The first-order valence-corrected chi connectivity index (χ1v) is 8.01. The van der Waals surface area contributed by atoms with Crippen molar-refractivity contribution in [3.8, 4) is 5.75 Å². The number of likely N-dealkylation sites (tertiary alicyclic amines) is 1. The van der Waals surface area contributed by atoms with Gasteiger partial charge in [-0.15, -0.1) is 0 Å². The Morgan fingerprint density at radius 1 is 1.33 bits per heavy atom. The van der Waals surface area contributed by atoms with Gasteiger partial charge in [-0.1, -0.05) is 18.2 Å². The number of nitrogens with one attached hydrogen (secondary N) is 1. The molecule has 3 N–H and O–H groups in total. The van der Waals surface area contributed by atoms with E-state index in [0.29, 0.717) is 26.1 Å². The quantitative estimate of drug-likeness (QED) is 0.652. The van der Waals surface area contributed by atoms with Gasteiger partial charge < -0.3 is 15.8 Å². The summed E-state index contributed by atoms with van der Waals surface area (Å²) < 4.78 is 42.9. The van der Waals surface area contributed by atoms with E-state index in [2.05, 4.69) is 10.3 Å². The van der Waals surface area contributed by atoms with Crippen LogP contribution in [0.5, 0.6) is 5.75 Å². The Hall–Kier alpha value is -1.96. The molecule has 0 amide bonds. The minimum absolute atomic E-state index is 0.0878. The first kappa shape index (κ1) is 16.9. The zero-order valence-electron chi connectivity index (χ0n) is 13.2. The molecule has 132 valence electrons. The fourth-order valence-electron chi connectivity index (χ4n) is 3.22. The fourth-order valence-corrected chi connectivity index (χ4v) is 3.22. The van der Waals surface area contributed by atoms with Gasteiger partial charge in [-0.05, 0) is 12.5 Å². The van der Waals surface area contributed by atoms with Gasteiger partial charge >= 0.3 is 6.18 Å². The van der Waals surface area contributed by atoms with E-state index in [1.165, 1.54) is 4.90 Å². The summed E-state index contributed by atoms with van der Waals surface area (Å²) in [6.07, 6.45) is -2.82. The molecule has 24 heavy (non-hydrogen) atoms. The summed E-state index contributed by atoms with van der Waals surface area (Å²) in [6.45, 7) is 0.418. The van der Waals surface area contributed by atoms with Gasteiger partial charge in [0, 0.05) is 31.1 Å². The molecule has 2 aliphatic heterocycles. The molecule has 1 saturated heterocycles. The highest BCUT2D eigenvalue weighted by Crippen LogP contribution is 2.34. The Morgan fingerprint density at radius 3 is 2.92 bits per heavy atom. The lowest BCUT2D eigenvalue weighted by atomic mass is 10.0. The molecule has 2 aliphatic rings. The number of hydrogen-bond acceptors (Lipinski definition) is 3. The first-order chi connectivity index (χ1) is 11.4. The molecule has 0 radical (unpaired) electrons. The zero-order chi connectivity index (χ0) is 17.2. The molecule has 0 aromatic heterocycles. The maximum absolute atomic E-state index is 12.4. The largest absolute Gasteiger partial charge is 0.493 e.